The molecule has 2 heterocycles. The molecular formula is C13H7ClFN3O2. The van der Waals surface area contributed by atoms with Gasteiger partial charge in [0.15, 0.2) is 0 Å². The summed E-state index contributed by atoms with van der Waals surface area (Å²) in [5.74, 6) is -1.56. The first kappa shape index (κ1) is 12.6. The lowest BCUT2D eigenvalue weighted by Crippen LogP contribution is -2.07. The summed E-state index contributed by atoms with van der Waals surface area (Å²) in [7, 11) is 0. The van der Waals surface area contributed by atoms with Gasteiger partial charge in [-0.25, -0.2) is 9.07 Å². The first-order chi connectivity index (χ1) is 9.59. The Morgan fingerprint density at radius 2 is 2.15 bits per heavy atom. The lowest BCUT2D eigenvalue weighted by atomic mass is 10.1. The van der Waals surface area contributed by atoms with Gasteiger partial charge < -0.3 is 4.98 Å². The van der Waals surface area contributed by atoms with E-state index in [9.17, 15) is 14.0 Å². The zero-order valence-corrected chi connectivity index (χ0v) is 10.7. The molecule has 100 valence electrons. The molecule has 0 atom stereocenters. The maximum Gasteiger partial charge on any atom is 0.293 e. The molecule has 0 radical (unpaired) electrons. The average molecular weight is 292 g/mol. The normalized spacial score (nSPS) is 10.9. The highest BCUT2D eigenvalue weighted by Crippen LogP contribution is 2.27. The summed E-state index contributed by atoms with van der Waals surface area (Å²) in [6, 6.07) is 4.45. The Kier molecular flexibility index (Phi) is 2.87. The fourth-order valence-corrected chi connectivity index (χ4v) is 2.18. The number of ketones is 1. The van der Waals surface area contributed by atoms with Crippen molar-refractivity contribution in [3.8, 4) is 5.69 Å². The molecule has 0 amide bonds. The van der Waals surface area contributed by atoms with Crippen LogP contribution in [0.3, 0.4) is 0 Å². The van der Waals surface area contributed by atoms with Crippen LogP contribution in [0.25, 0.3) is 16.6 Å². The molecule has 0 spiro atoms. The molecule has 20 heavy (non-hydrogen) atoms. The lowest BCUT2D eigenvalue weighted by Gasteiger charge is -2.04. The first-order valence-electron chi connectivity index (χ1n) is 5.63. The monoisotopic (exact) mass is 291 g/mol. The number of nitrogens with one attached hydrogen (secondary N) is 1. The van der Waals surface area contributed by atoms with Crippen molar-refractivity contribution in [3.05, 3.63) is 48.2 Å². The molecule has 0 unspecified atom stereocenters. The number of aromatic amines is 1. The number of benzene rings is 1. The standard InChI is InChI=1S/C13H7ClFN3O2/c14-13(20)12(19)7-6-16-11-9(18-5-1-4-17-18)3-2-8(15)10(7)11/h1-6,16H. The van der Waals surface area contributed by atoms with Crippen molar-refractivity contribution in [2.75, 3.05) is 0 Å². The molecule has 3 aromatic rings. The molecule has 7 heteroatoms. The summed E-state index contributed by atoms with van der Waals surface area (Å²) in [5, 5.41) is 2.92. The second kappa shape index (κ2) is 4.57. The highest BCUT2D eigenvalue weighted by Gasteiger charge is 2.22. The fraction of sp³-hybridized carbons (Fsp3) is 0. The molecule has 0 bridgehead atoms. The SMILES string of the molecule is O=C(Cl)C(=O)c1c[nH]c2c(-n3cccn3)ccc(F)c12. The van der Waals surface area contributed by atoms with Crippen LogP contribution in [0.5, 0.6) is 0 Å². The van der Waals surface area contributed by atoms with Crippen LogP contribution < -0.4 is 0 Å². The predicted octanol–water partition coefficient (Wildman–Crippen LogP) is 2.44. The number of H-pyrrole nitrogens is 1. The zero-order valence-electron chi connectivity index (χ0n) is 9.93. The third kappa shape index (κ3) is 1.81. The van der Waals surface area contributed by atoms with E-state index in [4.69, 9.17) is 11.6 Å². The van der Waals surface area contributed by atoms with Crippen LogP contribution in [-0.4, -0.2) is 25.8 Å². The van der Waals surface area contributed by atoms with Gasteiger partial charge in [-0.3, -0.25) is 9.59 Å². The minimum absolute atomic E-state index is 0.0250. The number of carbonyl (C=O) groups is 2. The van der Waals surface area contributed by atoms with Gasteiger partial charge in [-0.1, -0.05) is 0 Å². The number of aromatic nitrogens is 3. The van der Waals surface area contributed by atoms with E-state index in [0.717, 1.165) is 0 Å². The summed E-state index contributed by atoms with van der Waals surface area (Å²) in [4.78, 5) is 25.4. The van der Waals surface area contributed by atoms with E-state index in [1.54, 1.807) is 18.5 Å². The van der Waals surface area contributed by atoms with E-state index < -0.39 is 16.8 Å². The molecule has 0 aliphatic carbocycles. The van der Waals surface area contributed by atoms with Gasteiger partial charge in [0.1, 0.15) is 5.82 Å². The minimum Gasteiger partial charge on any atom is -0.359 e. The number of halogens is 2. The van der Waals surface area contributed by atoms with Crippen molar-refractivity contribution in [2.45, 2.75) is 0 Å². The number of hydrogen-bond donors (Lipinski definition) is 1. The van der Waals surface area contributed by atoms with E-state index in [0.29, 0.717) is 11.2 Å². The molecule has 2 aromatic heterocycles. The molecule has 0 aliphatic rings. The maximum absolute atomic E-state index is 14.0. The van der Waals surface area contributed by atoms with E-state index in [1.807, 2.05) is 0 Å². The van der Waals surface area contributed by atoms with Crippen LogP contribution in [0.4, 0.5) is 4.39 Å². The molecule has 0 fully saturated rings. The minimum atomic E-state index is -1.16. The van der Waals surface area contributed by atoms with Gasteiger partial charge in [-0.2, -0.15) is 5.10 Å². The number of fused-ring (bicyclic) bond motifs is 1. The fourth-order valence-electron chi connectivity index (χ4n) is 2.08. The van der Waals surface area contributed by atoms with E-state index in [-0.39, 0.29) is 10.9 Å². The second-order valence-electron chi connectivity index (χ2n) is 4.07. The van der Waals surface area contributed by atoms with Crippen LogP contribution in [0.1, 0.15) is 10.4 Å². The number of nitrogens with zero attached hydrogens (tertiary/aromatic N) is 2. The number of rotatable bonds is 3. The Morgan fingerprint density at radius 3 is 2.80 bits per heavy atom. The van der Waals surface area contributed by atoms with Crippen LogP contribution in [0.2, 0.25) is 0 Å². The quantitative estimate of drug-likeness (QED) is 0.458. The largest absolute Gasteiger partial charge is 0.359 e. The molecule has 3 rings (SSSR count). The zero-order chi connectivity index (χ0) is 14.3. The van der Waals surface area contributed by atoms with Gasteiger partial charge in [0.25, 0.3) is 5.24 Å². The Hall–Kier alpha value is -2.47. The number of carbonyl (C=O) groups excluding carboxylic acids is 2. The van der Waals surface area contributed by atoms with Gasteiger partial charge in [0.2, 0.25) is 5.78 Å². The summed E-state index contributed by atoms with van der Waals surface area (Å²) in [5.41, 5.74) is 0.842. The van der Waals surface area contributed by atoms with E-state index in [2.05, 4.69) is 10.1 Å². The van der Waals surface area contributed by atoms with Gasteiger partial charge >= 0.3 is 0 Å². The average Bonchev–Trinajstić information content (AvgIpc) is 3.07. The maximum atomic E-state index is 14.0. The molecule has 0 saturated carbocycles. The first-order valence-corrected chi connectivity index (χ1v) is 6.01. The van der Waals surface area contributed by atoms with Crippen LogP contribution in [0.15, 0.2) is 36.8 Å². The highest BCUT2D eigenvalue weighted by molar-refractivity contribution is 6.83. The van der Waals surface area contributed by atoms with Gasteiger partial charge in [-0.15, -0.1) is 0 Å². The summed E-state index contributed by atoms with van der Waals surface area (Å²) >= 11 is 5.17. The molecule has 1 N–H and O–H groups in total. The van der Waals surface area contributed by atoms with Crippen molar-refractivity contribution >= 4 is 33.5 Å². The smallest absolute Gasteiger partial charge is 0.293 e. The Bertz CT molecular complexity index is 824. The van der Waals surface area contributed by atoms with Crippen LogP contribution >= 0.6 is 11.6 Å². The van der Waals surface area contributed by atoms with E-state index in [1.165, 1.54) is 23.0 Å². The summed E-state index contributed by atoms with van der Waals surface area (Å²) < 4.78 is 15.5. The van der Waals surface area contributed by atoms with Crippen molar-refractivity contribution < 1.29 is 14.0 Å². The molecular weight excluding hydrogens is 285 g/mol. The van der Waals surface area contributed by atoms with Gasteiger partial charge in [0, 0.05) is 24.0 Å². The number of Topliss-reactive ketones (excluding diaryl/α,β-unsaturated/α-hetero) is 1. The van der Waals surface area contributed by atoms with Crippen molar-refractivity contribution in [1.82, 2.24) is 14.8 Å². The highest BCUT2D eigenvalue weighted by atomic mass is 35.5. The summed E-state index contributed by atoms with van der Waals surface area (Å²) in [6.45, 7) is 0. The lowest BCUT2D eigenvalue weighted by molar-refractivity contribution is -0.108. The number of hydrogen-bond acceptors (Lipinski definition) is 3. The second-order valence-corrected chi connectivity index (χ2v) is 4.42. The Labute approximate surface area is 117 Å². The van der Waals surface area contributed by atoms with Crippen molar-refractivity contribution in [3.63, 3.8) is 0 Å². The Morgan fingerprint density at radius 1 is 1.35 bits per heavy atom. The van der Waals surface area contributed by atoms with Crippen LogP contribution in [-0.2, 0) is 4.79 Å². The third-order valence-corrected chi connectivity index (χ3v) is 3.11. The Balaban J connectivity index is 2.31. The van der Waals surface area contributed by atoms with E-state index >= 15 is 0 Å². The topological polar surface area (TPSA) is 67.8 Å². The molecule has 5 nitrogen and oxygen atoms in total. The molecule has 0 aliphatic heterocycles. The van der Waals surface area contributed by atoms with Gasteiger partial charge in [-0.05, 0) is 29.8 Å². The molecule has 0 saturated heterocycles. The predicted molar refractivity (Wildman–Crippen MR) is 70.6 cm³/mol. The van der Waals surface area contributed by atoms with Crippen LogP contribution in [0, 0.1) is 5.82 Å². The summed E-state index contributed by atoms with van der Waals surface area (Å²) in [6.07, 6.45) is 4.53. The molecule has 1 aromatic carbocycles. The van der Waals surface area contributed by atoms with Gasteiger partial charge in [0.05, 0.1) is 16.8 Å². The van der Waals surface area contributed by atoms with Crippen molar-refractivity contribution in [1.29, 1.82) is 0 Å². The van der Waals surface area contributed by atoms with Crippen molar-refractivity contribution in [2.24, 2.45) is 0 Å². The third-order valence-electron chi connectivity index (χ3n) is 2.94.